The Labute approximate surface area is 160 Å². The van der Waals surface area contributed by atoms with Gasteiger partial charge in [0.1, 0.15) is 29.8 Å². The highest BCUT2D eigenvalue weighted by molar-refractivity contribution is 7.60. The Morgan fingerprint density at radius 1 is 1.21 bits per heavy atom. The van der Waals surface area contributed by atoms with Crippen molar-refractivity contribution >= 4 is 33.0 Å². The molecule has 0 aromatic carbocycles. The molecule has 6 atom stereocenters. The summed E-state index contributed by atoms with van der Waals surface area (Å²) >= 11 is 0. The molecular weight excluding hydrogens is 444 g/mol. The number of ether oxygens (including phenoxy) is 1. The summed E-state index contributed by atoms with van der Waals surface area (Å²) in [7, 11) is -10.6. The second kappa shape index (κ2) is 7.57. The highest BCUT2D eigenvalue weighted by Crippen LogP contribution is 2.57. The molecule has 10 N–H and O–H groups in total. The zero-order valence-electron chi connectivity index (χ0n) is 14.1. The van der Waals surface area contributed by atoms with Crippen molar-refractivity contribution < 1.29 is 52.7 Å². The van der Waals surface area contributed by atoms with E-state index in [1.807, 2.05) is 0 Å². The Kier molecular flexibility index (Phi) is 5.76. The van der Waals surface area contributed by atoms with Crippen LogP contribution in [0.2, 0.25) is 0 Å². The van der Waals surface area contributed by atoms with E-state index in [-0.39, 0.29) is 17.3 Å². The monoisotopic (exact) mass is 461 g/mol. The van der Waals surface area contributed by atoms with Crippen LogP contribution in [0.15, 0.2) is 4.79 Å². The second-order valence-corrected chi connectivity index (χ2v) is 8.79. The Hall–Kier alpha value is -1.62. The van der Waals surface area contributed by atoms with Crippen molar-refractivity contribution in [2.24, 2.45) is 0 Å². The van der Waals surface area contributed by atoms with E-state index in [1.54, 1.807) is 0 Å². The maximum Gasteiger partial charge on any atom is 0.481 e. The predicted molar refractivity (Wildman–Crippen MR) is 91.0 cm³/mol. The number of nitrogen functional groups attached to an aromatic ring is 1. The Balaban J connectivity index is 1.76. The van der Waals surface area contributed by atoms with Crippen molar-refractivity contribution in [3.63, 3.8) is 0 Å². The first kappa shape index (κ1) is 22.1. The molecule has 0 bridgehead atoms. The third-order valence-corrected chi connectivity index (χ3v) is 6.10. The van der Waals surface area contributed by atoms with Crippen molar-refractivity contribution in [2.45, 2.75) is 30.9 Å². The maximum atomic E-state index is 11.6. The predicted octanol–water partition coefficient (Wildman–Crippen LogP) is -3.47. The molecule has 0 radical (unpaired) electrons. The molecule has 1 aromatic rings. The number of aromatic nitrogens is 2. The standard InChI is InChI=1S/C10H17N5O12P2/c11-6-3-7(14-9(18)13-6)15(10(19)12-3)8-5(17)4(16)2(26-8)1-25-29(23,24)27-28(20,21)22/h2,4-5,8,10,12,16-17,19H,1H2,(H,23,24)(H2,20,21,22)(H3,11,13,14,18)/t2-,4-,5-,8-,10-/m1/s1. The fourth-order valence-electron chi connectivity index (χ4n) is 2.80. The number of nitrogens with zero attached hydrogens (tertiary/aromatic N) is 2. The Bertz CT molecular complexity index is 936. The van der Waals surface area contributed by atoms with Gasteiger partial charge in [0, 0.05) is 0 Å². The Morgan fingerprint density at radius 3 is 2.48 bits per heavy atom. The molecule has 1 saturated heterocycles. The smallest absolute Gasteiger partial charge is 0.387 e. The summed E-state index contributed by atoms with van der Waals surface area (Å²) in [6.45, 7) is -0.933. The van der Waals surface area contributed by atoms with E-state index in [1.165, 1.54) is 0 Å². The molecule has 19 heteroatoms. The van der Waals surface area contributed by atoms with Crippen molar-refractivity contribution in [1.29, 1.82) is 0 Å². The molecule has 17 nitrogen and oxygen atoms in total. The zero-order valence-corrected chi connectivity index (χ0v) is 15.9. The number of rotatable bonds is 6. The van der Waals surface area contributed by atoms with Crippen molar-refractivity contribution in [3.05, 3.63) is 10.5 Å². The van der Waals surface area contributed by atoms with E-state index in [0.29, 0.717) is 0 Å². The second-order valence-electron chi connectivity index (χ2n) is 5.96. The van der Waals surface area contributed by atoms with Crippen LogP contribution in [0.4, 0.5) is 17.3 Å². The molecule has 0 spiro atoms. The molecule has 2 aliphatic rings. The molecular formula is C10H17N5O12P2. The number of hydrogen-bond donors (Lipinski definition) is 9. The van der Waals surface area contributed by atoms with Gasteiger partial charge in [-0.3, -0.25) is 14.4 Å². The number of hydrogen-bond acceptors (Lipinski definition) is 13. The number of aliphatic hydroxyl groups is 3. The molecule has 1 fully saturated rings. The molecule has 1 aromatic heterocycles. The summed E-state index contributed by atoms with van der Waals surface area (Å²) in [5.41, 5.74) is 4.78. The van der Waals surface area contributed by atoms with Gasteiger partial charge in [0.25, 0.3) is 0 Å². The van der Waals surface area contributed by atoms with Crippen LogP contribution in [0.25, 0.3) is 0 Å². The average molecular weight is 461 g/mol. The highest BCUT2D eigenvalue weighted by atomic mass is 31.3. The van der Waals surface area contributed by atoms with Crippen LogP contribution in [0.5, 0.6) is 0 Å². The number of anilines is 3. The first-order valence-corrected chi connectivity index (χ1v) is 10.7. The van der Waals surface area contributed by atoms with Crippen molar-refractivity contribution in [1.82, 2.24) is 9.97 Å². The Morgan fingerprint density at radius 2 is 1.86 bits per heavy atom. The average Bonchev–Trinajstić information content (AvgIpc) is 3.01. The van der Waals surface area contributed by atoms with Crippen LogP contribution in [0, 0.1) is 0 Å². The largest absolute Gasteiger partial charge is 0.481 e. The molecule has 0 saturated carbocycles. The topological polar surface area (TPSA) is 270 Å². The lowest BCUT2D eigenvalue weighted by molar-refractivity contribution is -0.0314. The minimum absolute atomic E-state index is 0.0250. The number of nitrogens with two attached hydrogens (primary N) is 1. The summed E-state index contributed by atoms with van der Waals surface area (Å²) in [5.74, 6) is -0.362. The summed E-state index contributed by atoms with van der Waals surface area (Å²) in [5, 5.41) is 33.0. The molecule has 2 aliphatic heterocycles. The SMILES string of the molecule is Nc1[nH]c(=O)nc2c1N[C@@H](O)N2[C@@H]1O[C@H](COP(=O)(O)OP(=O)(O)O)[C@@H](O)[C@H]1O. The van der Waals surface area contributed by atoms with Gasteiger partial charge in [0.15, 0.2) is 12.0 Å². The van der Waals surface area contributed by atoms with Gasteiger partial charge in [0.05, 0.1) is 6.61 Å². The van der Waals surface area contributed by atoms with Crippen LogP contribution >= 0.6 is 15.6 Å². The fourth-order valence-corrected chi connectivity index (χ4v) is 4.40. The molecule has 1 unspecified atom stereocenters. The number of aromatic amines is 1. The minimum atomic E-state index is -5.35. The molecule has 0 aliphatic carbocycles. The van der Waals surface area contributed by atoms with Crippen LogP contribution in [0.1, 0.15) is 0 Å². The van der Waals surface area contributed by atoms with Gasteiger partial charge in [-0.25, -0.2) is 13.9 Å². The quantitative estimate of drug-likeness (QED) is 0.186. The molecule has 3 heterocycles. The summed E-state index contributed by atoms with van der Waals surface area (Å²) in [6.07, 6.45) is -8.05. The van der Waals surface area contributed by atoms with Gasteiger partial charge in [0.2, 0.25) is 6.35 Å². The van der Waals surface area contributed by atoms with E-state index < -0.39 is 58.8 Å². The molecule has 0 amide bonds. The normalized spacial score (nSPS) is 31.4. The van der Waals surface area contributed by atoms with Gasteiger partial charge in [-0.15, -0.1) is 0 Å². The lowest BCUT2D eigenvalue weighted by atomic mass is 10.1. The number of H-pyrrole nitrogens is 1. The summed E-state index contributed by atoms with van der Waals surface area (Å²) < 4.78 is 35.4. The lowest BCUT2D eigenvalue weighted by Crippen LogP contribution is -2.49. The molecule has 29 heavy (non-hydrogen) atoms. The van der Waals surface area contributed by atoms with E-state index in [0.717, 1.165) is 4.90 Å². The van der Waals surface area contributed by atoms with E-state index in [4.69, 9.17) is 20.3 Å². The fraction of sp³-hybridized carbons (Fsp3) is 0.600. The number of aliphatic hydroxyl groups excluding tert-OH is 3. The third kappa shape index (κ3) is 4.60. The van der Waals surface area contributed by atoms with Gasteiger partial charge in [-0.2, -0.15) is 9.29 Å². The molecule has 164 valence electrons. The molecule has 3 rings (SSSR count). The first-order chi connectivity index (χ1) is 13.3. The lowest BCUT2D eigenvalue weighted by Gasteiger charge is -2.29. The van der Waals surface area contributed by atoms with Gasteiger partial charge < -0.3 is 45.8 Å². The van der Waals surface area contributed by atoms with Crippen LogP contribution in [0.3, 0.4) is 0 Å². The van der Waals surface area contributed by atoms with Crippen LogP contribution in [-0.2, 0) is 22.7 Å². The van der Waals surface area contributed by atoms with Crippen LogP contribution in [-0.4, -0.2) is 77.5 Å². The van der Waals surface area contributed by atoms with Gasteiger partial charge >= 0.3 is 21.3 Å². The highest BCUT2D eigenvalue weighted by Gasteiger charge is 2.51. The number of fused-ring (bicyclic) bond motifs is 1. The van der Waals surface area contributed by atoms with Gasteiger partial charge in [-0.1, -0.05) is 0 Å². The summed E-state index contributed by atoms with van der Waals surface area (Å²) in [4.78, 5) is 44.6. The number of phosphoric acid groups is 2. The maximum absolute atomic E-state index is 11.6. The number of nitrogens with one attached hydrogen (secondary N) is 2. The zero-order chi connectivity index (χ0) is 21.7. The van der Waals surface area contributed by atoms with E-state index in [2.05, 4.69) is 24.1 Å². The minimum Gasteiger partial charge on any atom is -0.387 e. The van der Waals surface area contributed by atoms with E-state index in [9.17, 15) is 34.1 Å². The van der Waals surface area contributed by atoms with E-state index >= 15 is 0 Å². The number of phosphoric ester groups is 1. The summed E-state index contributed by atoms with van der Waals surface area (Å²) in [6, 6.07) is 0. The van der Waals surface area contributed by atoms with Crippen molar-refractivity contribution in [3.8, 4) is 0 Å². The van der Waals surface area contributed by atoms with Gasteiger partial charge in [-0.05, 0) is 0 Å². The first-order valence-electron chi connectivity index (χ1n) is 7.67. The van der Waals surface area contributed by atoms with Crippen molar-refractivity contribution in [2.75, 3.05) is 22.6 Å². The third-order valence-electron chi connectivity index (χ3n) is 3.95. The van der Waals surface area contributed by atoms with Crippen LogP contribution < -0.4 is 21.6 Å².